The molecule has 0 saturated heterocycles. The van der Waals surface area contributed by atoms with Crippen LogP contribution in [0.3, 0.4) is 0 Å². The third-order valence-corrected chi connectivity index (χ3v) is 6.18. The normalized spacial score (nSPS) is 11.7. The summed E-state index contributed by atoms with van der Waals surface area (Å²) in [6.45, 7) is 0. The van der Waals surface area contributed by atoms with Crippen molar-refractivity contribution >= 4 is 50.6 Å². The number of nitriles is 1. The highest BCUT2D eigenvalue weighted by Gasteiger charge is 2.13. The van der Waals surface area contributed by atoms with Crippen molar-refractivity contribution in [1.29, 1.82) is 5.26 Å². The summed E-state index contributed by atoms with van der Waals surface area (Å²) in [5.74, 6) is -0.608. The molecule has 0 bridgehead atoms. The topological polar surface area (TPSA) is 113 Å². The van der Waals surface area contributed by atoms with Crippen LogP contribution in [0.2, 0.25) is 5.02 Å². The smallest absolute Gasteiger partial charge is 0.266 e. The monoisotopic (exact) mass is 443 g/mol. The fourth-order valence-electron chi connectivity index (χ4n) is 2.45. The van der Waals surface area contributed by atoms with E-state index < -0.39 is 15.9 Å². The summed E-state index contributed by atoms with van der Waals surface area (Å²) in [6, 6.07) is 18.3. The minimum Gasteiger partial charge on any atom is -0.321 e. The molecule has 3 aromatic rings. The number of anilines is 1. The first-order valence-corrected chi connectivity index (χ1v) is 10.9. The van der Waals surface area contributed by atoms with Crippen LogP contribution in [0.25, 0.3) is 16.5 Å². The van der Waals surface area contributed by atoms with Gasteiger partial charge in [0.05, 0.1) is 4.90 Å². The number of hydrogen-bond acceptors (Lipinski definition) is 5. The first kappa shape index (κ1) is 20.8. The van der Waals surface area contributed by atoms with Gasteiger partial charge in [0.15, 0.2) is 0 Å². The Bertz CT molecular complexity index is 1240. The number of amides is 1. The highest BCUT2D eigenvalue weighted by atomic mass is 35.5. The van der Waals surface area contributed by atoms with E-state index in [4.69, 9.17) is 16.7 Å². The summed E-state index contributed by atoms with van der Waals surface area (Å²) in [7, 11) is -3.82. The lowest BCUT2D eigenvalue weighted by Gasteiger charge is -2.05. The standard InChI is InChI=1S/C20H14ClN3O3S2/c21-18-4-2-1-3-17(18)19-10-7-15(28-19)11-13(12-22)20(25)24-14-5-8-16(9-6-14)29(23,26)27/h1-11H,(H,24,25)(H2,23,26,27)/b13-11+. The fourth-order valence-corrected chi connectivity index (χ4v) is 4.25. The maximum Gasteiger partial charge on any atom is 0.266 e. The number of nitrogens with two attached hydrogens (primary N) is 1. The van der Waals surface area contributed by atoms with E-state index in [0.29, 0.717) is 10.7 Å². The molecule has 0 unspecified atom stereocenters. The first-order chi connectivity index (χ1) is 13.8. The van der Waals surface area contributed by atoms with Crippen molar-refractivity contribution in [2.24, 2.45) is 5.14 Å². The predicted molar refractivity (Wildman–Crippen MR) is 115 cm³/mol. The van der Waals surface area contributed by atoms with Gasteiger partial charge in [-0.2, -0.15) is 5.26 Å². The van der Waals surface area contributed by atoms with Gasteiger partial charge in [-0.15, -0.1) is 11.3 Å². The summed E-state index contributed by atoms with van der Waals surface area (Å²) in [4.78, 5) is 14.0. The van der Waals surface area contributed by atoms with Crippen LogP contribution in [-0.4, -0.2) is 14.3 Å². The van der Waals surface area contributed by atoms with Crippen LogP contribution in [0.1, 0.15) is 4.88 Å². The van der Waals surface area contributed by atoms with Crippen LogP contribution < -0.4 is 10.5 Å². The minimum atomic E-state index is -3.82. The molecule has 9 heteroatoms. The molecule has 0 aliphatic rings. The molecule has 0 radical (unpaired) electrons. The third kappa shape index (κ3) is 5.10. The number of sulfonamides is 1. The molecular weight excluding hydrogens is 430 g/mol. The summed E-state index contributed by atoms with van der Waals surface area (Å²) in [5, 5.41) is 17.6. The van der Waals surface area contributed by atoms with Crippen LogP contribution in [0.15, 0.2) is 71.1 Å². The number of thiophene rings is 1. The fraction of sp³-hybridized carbons (Fsp3) is 0. The Morgan fingerprint density at radius 1 is 1.10 bits per heavy atom. The van der Waals surface area contributed by atoms with Crippen molar-refractivity contribution in [1.82, 2.24) is 0 Å². The van der Waals surface area contributed by atoms with E-state index in [-0.39, 0.29) is 10.5 Å². The molecule has 0 aliphatic carbocycles. The van der Waals surface area contributed by atoms with Gasteiger partial charge < -0.3 is 5.32 Å². The van der Waals surface area contributed by atoms with Crippen LogP contribution in [-0.2, 0) is 14.8 Å². The van der Waals surface area contributed by atoms with E-state index in [2.05, 4.69) is 5.32 Å². The Balaban J connectivity index is 1.79. The number of nitrogens with one attached hydrogen (secondary N) is 1. The van der Waals surface area contributed by atoms with Crippen molar-refractivity contribution < 1.29 is 13.2 Å². The summed E-state index contributed by atoms with van der Waals surface area (Å²) >= 11 is 7.61. The average molecular weight is 444 g/mol. The summed E-state index contributed by atoms with van der Waals surface area (Å²) in [6.07, 6.45) is 1.49. The number of halogens is 1. The van der Waals surface area contributed by atoms with Gasteiger partial charge in [0, 0.05) is 26.0 Å². The molecule has 3 rings (SSSR count). The molecule has 29 heavy (non-hydrogen) atoms. The Hall–Kier alpha value is -2.96. The molecule has 146 valence electrons. The third-order valence-electron chi connectivity index (χ3n) is 3.86. The van der Waals surface area contributed by atoms with Crippen LogP contribution >= 0.6 is 22.9 Å². The van der Waals surface area contributed by atoms with Gasteiger partial charge in [-0.05, 0) is 48.5 Å². The molecule has 0 fully saturated rings. The molecule has 0 spiro atoms. The second-order valence-electron chi connectivity index (χ2n) is 5.88. The van der Waals surface area contributed by atoms with Gasteiger partial charge in [-0.25, -0.2) is 13.6 Å². The predicted octanol–water partition coefficient (Wildman–Crippen LogP) is 4.26. The van der Waals surface area contributed by atoms with Crippen molar-refractivity contribution in [2.45, 2.75) is 4.90 Å². The van der Waals surface area contributed by atoms with Gasteiger partial charge in [0.1, 0.15) is 11.6 Å². The second-order valence-corrected chi connectivity index (χ2v) is 8.96. The van der Waals surface area contributed by atoms with E-state index >= 15 is 0 Å². The quantitative estimate of drug-likeness (QED) is 0.453. The van der Waals surface area contributed by atoms with Crippen LogP contribution in [0.5, 0.6) is 0 Å². The maximum absolute atomic E-state index is 12.4. The van der Waals surface area contributed by atoms with Gasteiger partial charge >= 0.3 is 0 Å². The molecule has 1 aromatic heterocycles. The number of carbonyl (C=O) groups is 1. The molecule has 1 heterocycles. The number of nitrogens with zero attached hydrogens (tertiary/aromatic N) is 1. The van der Waals surface area contributed by atoms with E-state index in [9.17, 15) is 18.5 Å². The Morgan fingerprint density at radius 2 is 1.79 bits per heavy atom. The van der Waals surface area contributed by atoms with Gasteiger partial charge in [0.25, 0.3) is 5.91 Å². The van der Waals surface area contributed by atoms with Crippen molar-refractivity contribution in [3.8, 4) is 16.5 Å². The number of rotatable bonds is 5. The number of carbonyl (C=O) groups excluding carboxylic acids is 1. The molecule has 2 aromatic carbocycles. The zero-order chi connectivity index (χ0) is 21.0. The number of hydrogen-bond donors (Lipinski definition) is 2. The Labute approximate surface area is 176 Å². The van der Waals surface area contributed by atoms with E-state index in [1.54, 1.807) is 12.1 Å². The van der Waals surface area contributed by atoms with Gasteiger partial charge in [0.2, 0.25) is 10.0 Å². The van der Waals surface area contributed by atoms with E-state index in [1.165, 1.54) is 41.7 Å². The number of benzene rings is 2. The molecule has 0 aliphatic heterocycles. The Morgan fingerprint density at radius 3 is 2.41 bits per heavy atom. The zero-order valence-electron chi connectivity index (χ0n) is 14.8. The minimum absolute atomic E-state index is 0.0720. The van der Waals surface area contributed by atoms with Gasteiger partial charge in [-0.1, -0.05) is 29.8 Å². The molecule has 1 amide bonds. The maximum atomic E-state index is 12.4. The molecular formula is C20H14ClN3O3S2. The lowest BCUT2D eigenvalue weighted by atomic mass is 10.2. The lowest BCUT2D eigenvalue weighted by molar-refractivity contribution is -0.112. The van der Waals surface area contributed by atoms with E-state index in [1.807, 2.05) is 30.3 Å². The molecule has 6 nitrogen and oxygen atoms in total. The highest BCUT2D eigenvalue weighted by Crippen LogP contribution is 2.34. The largest absolute Gasteiger partial charge is 0.321 e. The Kier molecular flexibility index (Phi) is 6.15. The molecule has 0 atom stereocenters. The zero-order valence-corrected chi connectivity index (χ0v) is 17.2. The second kappa shape index (κ2) is 8.59. The highest BCUT2D eigenvalue weighted by molar-refractivity contribution is 7.89. The number of primary sulfonamides is 1. The summed E-state index contributed by atoms with van der Waals surface area (Å²) in [5.41, 5.74) is 1.12. The van der Waals surface area contributed by atoms with Crippen molar-refractivity contribution in [3.05, 3.63) is 76.1 Å². The lowest BCUT2D eigenvalue weighted by Crippen LogP contribution is -2.14. The van der Waals surface area contributed by atoms with Crippen molar-refractivity contribution in [3.63, 3.8) is 0 Å². The van der Waals surface area contributed by atoms with E-state index in [0.717, 1.165) is 15.3 Å². The molecule has 0 saturated carbocycles. The van der Waals surface area contributed by atoms with Gasteiger partial charge in [-0.3, -0.25) is 4.79 Å². The first-order valence-electron chi connectivity index (χ1n) is 8.18. The average Bonchev–Trinajstić information content (AvgIpc) is 3.14. The van der Waals surface area contributed by atoms with Crippen LogP contribution in [0, 0.1) is 11.3 Å². The molecule has 3 N–H and O–H groups in total. The van der Waals surface area contributed by atoms with Crippen LogP contribution in [0.4, 0.5) is 5.69 Å². The van der Waals surface area contributed by atoms with Crippen molar-refractivity contribution in [2.75, 3.05) is 5.32 Å². The SMILES string of the molecule is N#C/C(=C\c1ccc(-c2ccccc2Cl)s1)C(=O)Nc1ccc(S(N)(=O)=O)cc1. The summed E-state index contributed by atoms with van der Waals surface area (Å²) < 4.78 is 22.6.